The lowest BCUT2D eigenvalue weighted by Gasteiger charge is -2.14. The molecule has 0 bridgehead atoms. The van der Waals surface area contributed by atoms with Gasteiger partial charge >= 0.3 is 5.97 Å². The van der Waals surface area contributed by atoms with Crippen LogP contribution >= 0.6 is 24.0 Å². The zero-order valence-corrected chi connectivity index (χ0v) is 11.0. The molecule has 0 aliphatic carbocycles. The van der Waals surface area contributed by atoms with Gasteiger partial charge in [-0.25, -0.2) is 4.79 Å². The fourth-order valence-corrected chi connectivity index (χ4v) is 2.76. The largest absolute Gasteiger partial charge is 0.478 e. The summed E-state index contributed by atoms with van der Waals surface area (Å²) in [4.78, 5) is 24.7. The number of thiocarbonyl (C=S) groups is 1. The van der Waals surface area contributed by atoms with Crippen LogP contribution in [0.5, 0.6) is 0 Å². The van der Waals surface area contributed by atoms with E-state index < -0.39 is 5.97 Å². The molecule has 0 unspecified atom stereocenters. The lowest BCUT2D eigenvalue weighted by molar-refractivity contribution is -0.113. The lowest BCUT2D eigenvalue weighted by Crippen LogP contribution is -2.27. The fourth-order valence-electron chi connectivity index (χ4n) is 1.53. The molecule has 0 spiro atoms. The molecule has 1 N–H and O–H groups in total. The maximum atomic E-state index is 12.0. The van der Waals surface area contributed by atoms with Crippen LogP contribution in [0.4, 0.5) is 5.69 Å². The summed E-state index contributed by atoms with van der Waals surface area (Å²) in [6.45, 7) is 1.78. The molecular weight excluding hydrogens is 270 g/mol. The molecule has 2 rings (SSSR count). The molecule has 1 aliphatic heterocycles. The summed E-state index contributed by atoms with van der Waals surface area (Å²) >= 11 is 6.38. The van der Waals surface area contributed by atoms with Gasteiger partial charge in [-0.15, -0.1) is 0 Å². The van der Waals surface area contributed by atoms with Gasteiger partial charge in [0.25, 0.3) is 5.91 Å². The van der Waals surface area contributed by atoms with Crippen LogP contribution in [0.2, 0.25) is 0 Å². The van der Waals surface area contributed by atoms with Gasteiger partial charge < -0.3 is 5.11 Å². The van der Waals surface area contributed by atoms with Gasteiger partial charge in [0.2, 0.25) is 0 Å². The number of carboxylic acid groups (broad SMARTS) is 1. The van der Waals surface area contributed by atoms with Crippen molar-refractivity contribution < 1.29 is 14.7 Å². The van der Waals surface area contributed by atoms with E-state index in [0.29, 0.717) is 14.9 Å². The number of benzene rings is 1. The number of rotatable bonds is 2. The Morgan fingerprint density at radius 1 is 1.39 bits per heavy atom. The summed E-state index contributed by atoms with van der Waals surface area (Å²) in [5.41, 5.74) is 0.759. The maximum Gasteiger partial charge on any atom is 0.335 e. The van der Waals surface area contributed by atoms with Gasteiger partial charge in [0, 0.05) is 0 Å². The summed E-state index contributed by atoms with van der Waals surface area (Å²) in [5, 5.41) is 8.81. The number of hydrogen-bond acceptors (Lipinski definition) is 4. The summed E-state index contributed by atoms with van der Waals surface area (Å²) < 4.78 is 0.455. The van der Waals surface area contributed by atoms with Gasteiger partial charge in [0.05, 0.1) is 16.2 Å². The predicted molar refractivity (Wildman–Crippen MR) is 74.8 cm³/mol. The van der Waals surface area contributed by atoms with Crippen molar-refractivity contribution in [1.82, 2.24) is 0 Å². The molecule has 18 heavy (non-hydrogen) atoms. The highest BCUT2D eigenvalue weighted by atomic mass is 32.2. The molecule has 6 heteroatoms. The van der Waals surface area contributed by atoms with Gasteiger partial charge in [-0.2, -0.15) is 0 Å². The Balaban J connectivity index is 2.35. The molecule has 0 aromatic heterocycles. The average Bonchev–Trinajstić information content (AvgIpc) is 2.64. The van der Waals surface area contributed by atoms with Crippen LogP contribution < -0.4 is 4.90 Å². The Bertz CT molecular complexity index is 563. The van der Waals surface area contributed by atoms with E-state index in [1.807, 2.05) is 0 Å². The molecule has 0 saturated carbocycles. The Kier molecular flexibility index (Phi) is 3.49. The van der Waals surface area contributed by atoms with Crippen LogP contribution in [0.25, 0.3) is 0 Å². The van der Waals surface area contributed by atoms with Gasteiger partial charge in [-0.1, -0.05) is 30.1 Å². The number of hydrogen-bond donors (Lipinski definition) is 1. The molecular formula is C12H9NO3S2. The fraction of sp³-hybridized carbons (Fsp3) is 0.0833. The van der Waals surface area contributed by atoms with E-state index in [-0.39, 0.29) is 11.5 Å². The normalized spacial score (nSPS) is 17.6. The first-order valence-electron chi connectivity index (χ1n) is 5.10. The Morgan fingerprint density at radius 2 is 2.00 bits per heavy atom. The van der Waals surface area contributed by atoms with Crippen molar-refractivity contribution in [2.75, 3.05) is 4.90 Å². The number of thioether (sulfide) groups is 1. The highest BCUT2D eigenvalue weighted by Gasteiger charge is 2.32. The average molecular weight is 279 g/mol. The minimum Gasteiger partial charge on any atom is -0.478 e. The predicted octanol–water partition coefficient (Wildman–Crippen LogP) is 2.65. The highest BCUT2D eigenvalue weighted by Crippen LogP contribution is 2.34. The summed E-state index contributed by atoms with van der Waals surface area (Å²) in [6.07, 6.45) is 1.71. The van der Waals surface area contributed by atoms with Gasteiger partial charge in [-0.3, -0.25) is 9.69 Å². The van der Waals surface area contributed by atoms with Gasteiger partial charge in [-0.05, 0) is 31.2 Å². The molecule has 0 radical (unpaired) electrons. The van der Waals surface area contributed by atoms with Crippen molar-refractivity contribution in [2.45, 2.75) is 6.92 Å². The second kappa shape index (κ2) is 4.91. The number of carboxylic acids is 1. The molecule has 4 nitrogen and oxygen atoms in total. The number of allylic oxidation sites excluding steroid dienone is 1. The lowest BCUT2D eigenvalue weighted by atomic mass is 10.2. The molecule has 1 aromatic carbocycles. The topological polar surface area (TPSA) is 57.6 Å². The van der Waals surface area contributed by atoms with Crippen molar-refractivity contribution >= 4 is 45.9 Å². The maximum absolute atomic E-state index is 12.0. The van der Waals surface area contributed by atoms with E-state index in [9.17, 15) is 9.59 Å². The molecule has 0 atom stereocenters. The van der Waals surface area contributed by atoms with E-state index in [0.717, 1.165) is 0 Å². The zero-order chi connectivity index (χ0) is 13.3. The summed E-state index contributed by atoms with van der Waals surface area (Å²) in [5.74, 6) is -1.17. The number of nitrogens with zero attached hydrogens (tertiary/aromatic N) is 1. The van der Waals surface area contributed by atoms with Crippen molar-refractivity contribution in [1.29, 1.82) is 0 Å². The van der Waals surface area contributed by atoms with Gasteiger partial charge in [0.1, 0.15) is 0 Å². The summed E-state index contributed by atoms with van der Waals surface area (Å²) in [7, 11) is 0. The first-order chi connectivity index (χ1) is 8.54. The van der Waals surface area contributed by atoms with Crippen molar-refractivity contribution in [3.05, 3.63) is 40.8 Å². The van der Waals surface area contributed by atoms with E-state index in [4.69, 9.17) is 17.3 Å². The van der Waals surface area contributed by atoms with Crippen LogP contribution in [0.3, 0.4) is 0 Å². The van der Waals surface area contributed by atoms with E-state index >= 15 is 0 Å². The van der Waals surface area contributed by atoms with Crippen LogP contribution in [0.15, 0.2) is 35.2 Å². The van der Waals surface area contributed by atoms with Crippen LogP contribution in [-0.2, 0) is 4.79 Å². The van der Waals surface area contributed by atoms with E-state index in [2.05, 4.69) is 0 Å². The number of anilines is 1. The molecule has 1 fully saturated rings. The second-order valence-corrected chi connectivity index (χ2v) is 5.19. The Hall–Kier alpha value is -1.66. The van der Waals surface area contributed by atoms with Crippen molar-refractivity contribution in [2.24, 2.45) is 0 Å². The summed E-state index contributed by atoms with van der Waals surface area (Å²) in [6, 6.07) is 6.05. The van der Waals surface area contributed by atoms with Crippen LogP contribution in [-0.4, -0.2) is 21.3 Å². The SMILES string of the molecule is C/C=C1/SC(=S)N(c2ccc(C(=O)O)cc2)C1=O. The third kappa shape index (κ3) is 2.16. The smallest absolute Gasteiger partial charge is 0.335 e. The molecule has 1 saturated heterocycles. The van der Waals surface area contributed by atoms with Crippen LogP contribution in [0.1, 0.15) is 17.3 Å². The number of aromatic carboxylic acids is 1. The molecule has 1 aliphatic rings. The first-order valence-corrected chi connectivity index (χ1v) is 6.33. The quantitative estimate of drug-likeness (QED) is 0.666. The number of amides is 1. The molecule has 1 amide bonds. The van der Waals surface area contributed by atoms with E-state index in [1.54, 1.807) is 25.1 Å². The monoisotopic (exact) mass is 279 g/mol. The first kappa shape index (κ1) is 12.8. The van der Waals surface area contributed by atoms with Gasteiger partial charge in [0.15, 0.2) is 4.32 Å². The zero-order valence-electron chi connectivity index (χ0n) is 9.41. The highest BCUT2D eigenvalue weighted by molar-refractivity contribution is 8.27. The second-order valence-electron chi connectivity index (χ2n) is 3.51. The molecule has 1 aromatic rings. The van der Waals surface area contributed by atoms with Crippen molar-refractivity contribution in [3.63, 3.8) is 0 Å². The third-order valence-electron chi connectivity index (χ3n) is 2.43. The Morgan fingerprint density at radius 3 is 2.44 bits per heavy atom. The van der Waals surface area contributed by atoms with Crippen molar-refractivity contribution in [3.8, 4) is 0 Å². The molecule has 1 heterocycles. The molecule has 92 valence electrons. The third-order valence-corrected chi connectivity index (χ3v) is 3.85. The standard InChI is InChI=1S/C12H9NO3S2/c1-2-9-10(14)13(12(17)18-9)8-5-3-7(4-6-8)11(15)16/h2-6H,1H3,(H,15,16)/b9-2+. The Labute approximate surface area is 113 Å². The number of carbonyl (C=O) groups excluding carboxylic acids is 1. The number of carbonyl (C=O) groups is 2. The van der Waals surface area contributed by atoms with Crippen LogP contribution in [0, 0.1) is 0 Å². The minimum atomic E-state index is -1.000. The van der Waals surface area contributed by atoms with E-state index in [1.165, 1.54) is 28.8 Å². The minimum absolute atomic E-state index is 0.171.